The minimum absolute atomic E-state index is 0.0231. The van der Waals surface area contributed by atoms with Crippen molar-refractivity contribution in [1.82, 2.24) is 0 Å². The molecule has 0 unspecified atom stereocenters. The lowest BCUT2D eigenvalue weighted by atomic mass is 9.86. The predicted octanol–water partition coefficient (Wildman–Crippen LogP) is 2.70. The molecule has 0 atom stereocenters. The van der Waals surface area contributed by atoms with E-state index in [0.29, 0.717) is 0 Å². The summed E-state index contributed by atoms with van der Waals surface area (Å²) in [7, 11) is 0. The first kappa shape index (κ1) is 11.1. The van der Waals surface area contributed by atoms with Gasteiger partial charge in [0, 0.05) is 11.3 Å². The zero-order valence-electron chi connectivity index (χ0n) is 7.70. The fraction of sp³-hybridized carbons (Fsp3) is 0.556. The van der Waals surface area contributed by atoms with Crippen LogP contribution in [0.2, 0.25) is 0 Å². The van der Waals surface area contributed by atoms with Crippen molar-refractivity contribution in [1.29, 1.82) is 0 Å². The highest BCUT2D eigenvalue weighted by Gasteiger charge is 2.24. The molecule has 12 heavy (non-hydrogen) atoms. The lowest BCUT2D eigenvalue weighted by Crippen LogP contribution is -2.17. The first-order chi connectivity index (χ1) is 5.25. The maximum atomic E-state index is 12.4. The van der Waals surface area contributed by atoms with Crippen LogP contribution in [0.25, 0.3) is 0 Å². The van der Waals surface area contributed by atoms with Crippen LogP contribution in [0.3, 0.4) is 0 Å². The standard InChI is InChI=1S/C9H15F2N/c1-6(12)5-7(8(10)11)9(2,3)4/h5,8H,1,12H2,2-4H3/b7-5-. The summed E-state index contributed by atoms with van der Waals surface area (Å²) < 4.78 is 24.8. The molecule has 0 aliphatic heterocycles. The number of alkyl halides is 2. The smallest absolute Gasteiger partial charge is 0.260 e. The van der Waals surface area contributed by atoms with E-state index in [1.54, 1.807) is 20.8 Å². The Bertz CT molecular complexity index is 199. The molecule has 0 bridgehead atoms. The second-order valence-corrected chi connectivity index (χ2v) is 3.73. The number of allylic oxidation sites excluding steroid dienone is 2. The second kappa shape index (κ2) is 3.70. The van der Waals surface area contributed by atoms with Gasteiger partial charge >= 0.3 is 0 Å². The number of nitrogens with two attached hydrogens (primary N) is 1. The summed E-state index contributed by atoms with van der Waals surface area (Å²) in [6, 6.07) is 0. The van der Waals surface area contributed by atoms with Crippen LogP contribution in [-0.4, -0.2) is 6.43 Å². The van der Waals surface area contributed by atoms with Gasteiger partial charge < -0.3 is 5.73 Å². The molecular weight excluding hydrogens is 160 g/mol. The van der Waals surface area contributed by atoms with E-state index >= 15 is 0 Å². The molecule has 0 fully saturated rings. The summed E-state index contributed by atoms with van der Waals surface area (Å²) in [5.74, 6) is 0. The Hall–Kier alpha value is -0.860. The summed E-state index contributed by atoms with van der Waals surface area (Å²) in [4.78, 5) is 0. The molecule has 0 rings (SSSR count). The van der Waals surface area contributed by atoms with Crippen LogP contribution in [0.1, 0.15) is 20.8 Å². The van der Waals surface area contributed by atoms with E-state index in [1.165, 1.54) is 6.08 Å². The van der Waals surface area contributed by atoms with E-state index in [9.17, 15) is 8.78 Å². The molecule has 0 heterocycles. The number of halogens is 2. The minimum atomic E-state index is -2.47. The first-order valence-corrected chi connectivity index (χ1v) is 3.69. The van der Waals surface area contributed by atoms with Crippen LogP contribution in [0.5, 0.6) is 0 Å². The molecule has 0 aliphatic rings. The summed E-state index contributed by atoms with van der Waals surface area (Å²) >= 11 is 0. The largest absolute Gasteiger partial charge is 0.399 e. The van der Waals surface area contributed by atoms with Gasteiger partial charge in [-0.15, -0.1) is 0 Å². The Morgan fingerprint density at radius 3 is 1.92 bits per heavy atom. The van der Waals surface area contributed by atoms with Crippen molar-refractivity contribution in [3.05, 3.63) is 23.9 Å². The van der Waals surface area contributed by atoms with Crippen LogP contribution < -0.4 is 5.73 Å². The van der Waals surface area contributed by atoms with Crippen LogP contribution in [0.15, 0.2) is 23.9 Å². The molecule has 0 radical (unpaired) electrons. The van der Waals surface area contributed by atoms with E-state index in [-0.39, 0.29) is 11.3 Å². The van der Waals surface area contributed by atoms with Crippen molar-refractivity contribution in [2.24, 2.45) is 11.1 Å². The highest BCUT2D eigenvalue weighted by molar-refractivity contribution is 5.23. The van der Waals surface area contributed by atoms with E-state index in [2.05, 4.69) is 6.58 Å². The quantitative estimate of drug-likeness (QED) is 0.641. The Morgan fingerprint density at radius 2 is 1.83 bits per heavy atom. The summed E-state index contributed by atoms with van der Waals surface area (Å²) in [5.41, 5.74) is 4.85. The van der Waals surface area contributed by atoms with Gasteiger partial charge in [0.2, 0.25) is 0 Å². The van der Waals surface area contributed by atoms with Crippen molar-refractivity contribution < 1.29 is 8.78 Å². The Balaban J connectivity index is 4.80. The average Bonchev–Trinajstić information content (AvgIpc) is 1.79. The number of hydrogen-bond donors (Lipinski definition) is 1. The monoisotopic (exact) mass is 175 g/mol. The van der Waals surface area contributed by atoms with Crippen LogP contribution in [-0.2, 0) is 0 Å². The summed E-state index contributed by atoms with van der Waals surface area (Å²) in [5, 5.41) is 0. The van der Waals surface area contributed by atoms with Crippen molar-refractivity contribution in [2.45, 2.75) is 27.2 Å². The maximum absolute atomic E-state index is 12.4. The van der Waals surface area contributed by atoms with Gasteiger partial charge in [0.05, 0.1) is 0 Å². The molecule has 0 aromatic rings. The van der Waals surface area contributed by atoms with E-state index in [1.807, 2.05) is 0 Å². The predicted molar refractivity (Wildman–Crippen MR) is 46.9 cm³/mol. The third-order valence-corrected chi connectivity index (χ3v) is 1.44. The highest BCUT2D eigenvalue weighted by Crippen LogP contribution is 2.30. The van der Waals surface area contributed by atoms with Gasteiger partial charge in [0.15, 0.2) is 0 Å². The molecule has 3 heteroatoms. The fourth-order valence-corrected chi connectivity index (χ4v) is 0.807. The molecule has 1 nitrogen and oxygen atoms in total. The topological polar surface area (TPSA) is 26.0 Å². The molecule has 0 aromatic carbocycles. The molecule has 0 spiro atoms. The zero-order chi connectivity index (χ0) is 9.94. The van der Waals surface area contributed by atoms with Gasteiger partial charge in [-0.05, 0) is 11.5 Å². The zero-order valence-corrected chi connectivity index (χ0v) is 7.70. The summed E-state index contributed by atoms with van der Waals surface area (Å²) in [6.45, 7) is 8.51. The van der Waals surface area contributed by atoms with Crippen LogP contribution in [0, 0.1) is 5.41 Å². The van der Waals surface area contributed by atoms with Gasteiger partial charge in [-0.25, -0.2) is 8.78 Å². The van der Waals surface area contributed by atoms with E-state index in [4.69, 9.17) is 5.73 Å². The van der Waals surface area contributed by atoms with Gasteiger partial charge in [-0.1, -0.05) is 27.4 Å². The molecule has 0 saturated heterocycles. The van der Waals surface area contributed by atoms with E-state index < -0.39 is 11.8 Å². The molecule has 70 valence electrons. The maximum Gasteiger partial charge on any atom is 0.260 e. The van der Waals surface area contributed by atoms with Gasteiger partial charge in [-0.3, -0.25) is 0 Å². The van der Waals surface area contributed by atoms with E-state index in [0.717, 1.165) is 0 Å². The van der Waals surface area contributed by atoms with Crippen molar-refractivity contribution in [3.63, 3.8) is 0 Å². The molecular formula is C9H15F2N. The van der Waals surface area contributed by atoms with Crippen LogP contribution >= 0.6 is 0 Å². The molecule has 0 aliphatic carbocycles. The molecule has 0 saturated carbocycles. The normalized spacial score (nSPS) is 13.7. The molecule has 0 aromatic heterocycles. The first-order valence-electron chi connectivity index (χ1n) is 3.69. The summed E-state index contributed by atoms with van der Waals surface area (Å²) in [6.07, 6.45) is -1.23. The number of rotatable bonds is 2. The molecule has 2 N–H and O–H groups in total. The van der Waals surface area contributed by atoms with Gasteiger partial charge in [0.25, 0.3) is 6.43 Å². The van der Waals surface area contributed by atoms with Crippen LogP contribution in [0.4, 0.5) is 8.78 Å². The second-order valence-electron chi connectivity index (χ2n) is 3.73. The highest BCUT2D eigenvalue weighted by atomic mass is 19.3. The average molecular weight is 175 g/mol. The van der Waals surface area contributed by atoms with Crippen molar-refractivity contribution >= 4 is 0 Å². The van der Waals surface area contributed by atoms with Crippen molar-refractivity contribution in [2.75, 3.05) is 0 Å². The van der Waals surface area contributed by atoms with Gasteiger partial charge in [0.1, 0.15) is 0 Å². The lowest BCUT2D eigenvalue weighted by molar-refractivity contribution is 0.162. The third-order valence-electron chi connectivity index (χ3n) is 1.44. The minimum Gasteiger partial charge on any atom is -0.399 e. The van der Waals surface area contributed by atoms with Gasteiger partial charge in [-0.2, -0.15) is 0 Å². The Labute approximate surface area is 72.0 Å². The number of hydrogen-bond acceptors (Lipinski definition) is 1. The lowest BCUT2D eigenvalue weighted by Gasteiger charge is -2.22. The Morgan fingerprint density at radius 1 is 1.42 bits per heavy atom. The molecule has 0 amide bonds. The third kappa shape index (κ3) is 3.51. The fourth-order valence-electron chi connectivity index (χ4n) is 0.807. The Kier molecular flexibility index (Phi) is 3.43. The SMILES string of the molecule is C=C(N)/C=C(/C(F)F)C(C)(C)C. The van der Waals surface area contributed by atoms with Crippen molar-refractivity contribution in [3.8, 4) is 0 Å².